The van der Waals surface area contributed by atoms with E-state index in [-0.39, 0.29) is 25.0 Å². The Morgan fingerprint density at radius 2 is 1.82 bits per heavy atom. The fourth-order valence-corrected chi connectivity index (χ4v) is 1.12. The van der Waals surface area contributed by atoms with Gasteiger partial charge in [-0.2, -0.15) is 8.42 Å². The van der Waals surface area contributed by atoms with Crippen molar-refractivity contribution in [2.45, 2.75) is 19.3 Å². The van der Waals surface area contributed by atoms with Crippen molar-refractivity contribution in [3.63, 3.8) is 0 Å². The molecule has 0 bridgehead atoms. The Morgan fingerprint density at radius 3 is 2.18 bits per heavy atom. The van der Waals surface area contributed by atoms with Gasteiger partial charge in [-0.3, -0.25) is 4.55 Å². The Kier molecular flexibility index (Phi) is 4.06. The standard InChI is InChI=1S/C5H9O5S/c6-5(7)3-1-2-4-11(8,9)10/h1-4H2,(H,8,9,10). The van der Waals surface area contributed by atoms with Crippen molar-refractivity contribution in [3.8, 4) is 0 Å². The molecular formula is C5H9O5S. The fraction of sp³-hybridized carbons (Fsp3) is 0.800. The van der Waals surface area contributed by atoms with Crippen molar-refractivity contribution in [3.05, 3.63) is 0 Å². The first kappa shape index (κ1) is 10.4. The number of carbonyl (C=O) groups excluding carboxylic acids is 1. The number of hydrogen-bond donors (Lipinski definition) is 1. The average Bonchev–Trinajstić information content (AvgIpc) is 1.78. The van der Waals surface area contributed by atoms with E-state index in [2.05, 4.69) is 0 Å². The molecule has 0 aliphatic rings. The summed E-state index contributed by atoms with van der Waals surface area (Å²) in [6, 6.07) is 0. The van der Waals surface area contributed by atoms with Gasteiger partial charge in [0.15, 0.2) is 0 Å². The molecule has 65 valence electrons. The van der Waals surface area contributed by atoms with E-state index in [0.29, 0.717) is 0 Å². The van der Waals surface area contributed by atoms with Crippen LogP contribution in [0.15, 0.2) is 0 Å². The molecule has 0 saturated heterocycles. The summed E-state index contributed by atoms with van der Waals surface area (Å²) in [6.45, 7) is 0. The van der Waals surface area contributed by atoms with Crippen LogP contribution in [0.4, 0.5) is 0 Å². The van der Waals surface area contributed by atoms with Gasteiger partial charge in [0.2, 0.25) is 0 Å². The van der Waals surface area contributed by atoms with Crippen LogP contribution in [-0.4, -0.2) is 24.7 Å². The zero-order chi connectivity index (χ0) is 8.91. The van der Waals surface area contributed by atoms with E-state index in [0.717, 1.165) is 0 Å². The predicted octanol–water partition coefficient (Wildman–Crippen LogP) is 0.00160. The van der Waals surface area contributed by atoms with Crippen LogP contribution in [0.5, 0.6) is 0 Å². The highest BCUT2D eigenvalue weighted by atomic mass is 32.2. The molecule has 0 heterocycles. The Morgan fingerprint density at radius 1 is 1.27 bits per heavy atom. The van der Waals surface area contributed by atoms with Crippen LogP contribution >= 0.6 is 0 Å². The topological polar surface area (TPSA) is 91.3 Å². The molecule has 0 amide bonds. The van der Waals surface area contributed by atoms with E-state index in [1.165, 1.54) is 0 Å². The van der Waals surface area contributed by atoms with Crippen molar-refractivity contribution in [2.24, 2.45) is 0 Å². The summed E-state index contributed by atoms with van der Waals surface area (Å²) < 4.78 is 28.3. The van der Waals surface area contributed by atoms with E-state index in [4.69, 9.17) is 4.55 Å². The van der Waals surface area contributed by atoms with Crippen molar-refractivity contribution in [1.29, 1.82) is 0 Å². The molecule has 0 aliphatic heterocycles. The molecule has 0 fully saturated rings. The minimum Gasteiger partial charge on any atom is -0.286 e. The highest BCUT2D eigenvalue weighted by Gasteiger charge is 2.05. The third-order valence-electron chi connectivity index (χ3n) is 1.03. The summed E-state index contributed by atoms with van der Waals surface area (Å²) in [5.41, 5.74) is 0. The van der Waals surface area contributed by atoms with Crippen LogP contribution in [0, 0.1) is 0 Å². The van der Waals surface area contributed by atoms with Crippen LogP contribution in [-0.2, 0) is 20.0 Å². The Labute approximate surface area is 64.8 Å². The molecule has 0 rings (SSSR count). The molecule has 11 heavy (non-hydrogen) atoms. The lowest BCUT2D eigenvalue weighted by atomic mass is 10.3. The number of unbranched alkanes of at least 4 members (excludes halogenated alkanes) is 1. The minimum absolute atomic E-state index is 0.146. The molecule has 0 aromatic carbocycles. The maximum absolute atomic E-state index is 10.1. The predicted molar refractivity (Wildman–Crippen MR) is 36.0 cm³/mol. The Hall–Kier alpha value is -0.620. The molecule has 0 unspecified atom stereocenters. The third kappa shape index (κ3) is 9.38. The van der Waals surface area contributed by atoms with Crippen LogP contribution in [0.2, 0.25) is 0 Å². The second kappa shape index (κ2) is 4.30. The van der Waals surface area contributed by atoms with Gasteiger partial charge in [-0.15, -0.1) is 0 Å². The molecule has 1 N–H and O–H groups in total. The summed E-state index contributed by atoms with van der Waals surface area (Å²) in [6.07, 6.45) is 0.185. The molecule has 0 aliphatic carbocycles. The quantitative estimate of drug-likeness (QED) is 0.477. The van der Waals surface area contributed by atoms with Crippen molar-refractivity contribution in [2.75, 3.05) is 5.75 Å². The molecule has 6 heteroatoms. The van der Waals surface area contributed by atoms with Gasteiger partial charge in [0.25, 0.3) is 10.1 Å². The van der Waals surface area contributed by atoms with Crippen LogP contribution in [0.25, 0.3) is 0 Å². The largest absolute Gasteiger partial charge is 0.355 e. The van der Waals surface area contributed by atoms with E-state index in [1.54, 1.807) is 0 Å². The van der Waals surface area contributed by atoms with Gasteiger partial charge >= 0.3 is 5.97 Å². The van der Waals surface area contributed by atoms with Crippen LogP contribution in [0.1, 0.15) is 19.3 Å². The molecule has 0 spiro atoms. The zero-order valence-electron chi connectivity index (χ0n) is 5.82. The summed E-state index contributed by atoms with van der Waals surface area (Å²) in [5, 5.41) is 9.80. The first-order valence-electron chi connectivity index (χ1n) is 3.07. The van der Waals surface area contributed by atoms with Gasteiger partial charge in [0.05, 0.1) is 12.2 Å². The number of carbonyl (C=O) groups is 1. The normalized spacial score (nSPS) is 11.4. The molecule has 0 atom stereocenters. The van der Waals surface area contributed by atoms with Gasteiger partial charge < -0.3 is 0 Å². The first-order chi connectivity index (χ1) is 4.92. The van der Waals surface area contributed by atoms with Gasteiger partial charge in [0.1, 0.15) is 0 Å². The fourth-order valence-electron chi connectivity index (χ4n) is 0.554. The van der Waals surface area contributed by atoms with Gasteiger partial charge in [-0.05, 0) is 12.8 Å². The molecule has 0 saturated carbocycles. The van der Waals surface area contributed by atoms with Crippen molar-refractivity contribution in [1.82, 2.24) is 0 Å². The summed E-state index contributed by atoms with van der Waals surface area (Å²) in [7, 11) is -3.94. The third-order valence-corrected chi connectivity index (χ3v) is 1.84. The number of hydrogen-bond acceptors (Lipinski definition) is 3. The minimum atomic E-state index is -3.94. The van der Waals surface area contributed by atoms with Gasteiger partial charge in [0, 0.05) is 0 Å². The lowest BCUT2D eigenvalue weighted by Gasteiger charge is -1.93. The molecule has 0 aromatic heterocycles. The van der Waals surface area contributed by atoms with Gasteiger partial charge in [-0.25, -0.2) is 9.90 Å². The summed E-state index contributed by atoms with van der Waals surface area (Å²) in [4.78, 5) is 9.80. The molecular weight excluding hydrogens is 172 g/mol. The Balaban J connectivity index is 3.37. The monoisotopic (exact) mass is 181 g/mol. The number of rotatable bonds is 5. The van der Waals surface area contributed by atoms with E-state index in [9.17, 15) is 18.3 Å². The maximum Gasteiger partial charge on any atom is 0.355 e. The van der Waals surface area contributed by atoms with Crippen LogP contribution in [0.3, 0.4) is 0 Å². The SMILES string of the molecule is [O]C(=O)CCCCS(=O)(=O)O. The van der Waals surface area contributed by atoms with Gasteiger partial charge in [-0.1, -0.05) is 0 Å². The highest BCUT2D eigenvalue weighted by Crippen LogP contribution is 1.97. The molecule has 1 radical (unpaired) electrons. The average molecular weight is 181 g/mol. The summed E-state index contributed by atoms with van der Waals surface area (Å²) >= 11 is 0. The van der Waals surface area contributed by atoms with E-state index < -0.39 is 16.1 Å². The Bertz CT molecular complexity index is 217. The molecule has 0 aromatic rings. The zero-order valence-corrected chi connectivity index (χ0v) is 6.63. The van der Waals surface area contributed by atoms with Crippen LogP contribution < -0.4 is 0 Å². The smallest absolute Gasteiger partial charge is 0.286 e. The lowest BCUT2D eigenvalue weighted by molar-refractivity contribution is -0.143. The van der Waals surface area contributed by atoms with E-state index in [1.807, 2.05) is 0 Å². The first-order valence-corrected chi connectivity index (χ1v) is 4.68. The van der Waals surface area contributed by atoms with E-state index >= 15 is 0 Å². The molecule has 5 nitrogen and oxygen atoms in total. The maximum atomic E-state index is 10.1. The second-order valence-electron chi connectivity index (χ2n) is 2.12. The summed E-state index contributed by atoms with van der Waals surface area (Å²) in [5.74, 6) is -1.60. The second-order valence-corrected chi connectivity index (χ2v) is 3.69. The van der Waals surface area contributed by atoms with Crippen molar-refractivity contribution < 1.29 is 22.9 Å². The highest BCUT2D eigenvalue weighted by molar-refractivity contribution is 7.85. The lowest BCUT2D eigenvalue weighted by Crippen LogP contribution is -2.04. The van der Waals surface area contributed by atoms with Crippen molar-refractivity contribution >= 4 is 16.1 Å².